The van der Waals surface area contributed by atoms with Gasteiger partial charge in [-0.25, -0.2) is 4.68 Å². The third-order valence-electron chi connectivity index (χ3n) is 4.59. The smallest absolute Gasteiger partial charge is 0.274 e. The van der Waals surface area contributed by atoms with Crippen LogP contribution in [0.5, 0.6) is 0 Å². The van der Waals surface area contributed by atoms with Crippen LogP contribution in [-0.2, 0) is 23.0 Å². The third-order valence-corrected chi connectivity index (χ3v) is 4.59. The maximum Gasteiger partial charge on any atom is 0.274 e. The van der Waals surface area contributed by atoms with E-state index < -0.39 is 0 Å². The molecule has 1 unspecified atom stereocenters. The monoisotopic (exact) mass is 329 g/mol. The van der Waals surface area contributed by atoms with Crippen molar-refractivity contribution in [1.29, 1.82) is 0 Å². The Labute approximate surface area is 141 Å². The van der Waals surface area contributed by atoms with Gasteiger partial charge in [0.05, 0.1) is 24.1 Å². The lowest BCUT2D eigenvalue weighted by molar-refractivity contribution is -0.131. The number of carbonyl (C=O) groups is 1. The first-order valence-electron chi connectivity index (χ1n) is 8.40. The molecule has 2 heterocycles. The Kier molecular flexibility index (Phi) is 4.94. The molecule has 1 saturated heterocycles. The van der Waals surface area contributed by atoms with Gasteiger partial charge in [-0.05, 0) is 19.4 Å². The normalized spacial score (nSPS) is 17.3. The molecule has 1 atom stereocenters. The van der Waals surface area contributed by atoms with E-state index in [4.69, 9.17) is 4.74 Å². The van der Waals surface area contributed by atoms with E-state index in [0.717, 1.165) is 31.6 Å². The number of carbonyl (C=O) groups excluding carboxylic acids is 1. The summed E-state index contributed by atoms with van der Waals surface area (Å²) in [5.74, 6) is 0.458. The van der Waals surface area contributed by atoms with Crippen molar-refractivity contribution < 1.29 is 9.53 Å². The predicted molar refractivity (Wildman–Crippen MR) is 91.9 cm³/mol. The number of likely N-dealkylation sites (N-methyl/N-ethyl adjacent to an activating group) is 1. The van der Waals surface area contributed by atoms with E-state index in [0.29, 0.717) is 23.5 Å². The fourth-order valence-corrected chi connectivity index (χ4v) is 3.21. The van der Waals surface area contributed by atoms with Crippen LogP contribution in [0.3, 0.4) is 0 Å². The van der Waals surface area contributed by atoms with Gasteiger partial charge in [0.25, 0.3) is 5.56 Å². The summed E-state index contributed by atoms with van der Waals surface area (Å²) in [6.45, 7) is 4.88. The molecule has 1 aliphatic rings. The summed E-state index contributed by atoms with van der Waals surface area (Å²) in [7, 11) is 1.62. The zero-order chi connectivity index (χ0) is 17.1. The minimum Gasteiger partial charge on any atom is -0.381 e. The third kappa shape index (κ3) is 3.33. The molecule has 0 aliphatic carbocycles. The van der Waals surface area contributed by atoms with E-state index >= 15 is 0 Å². The second-order valence-corrected chi connectivity index (χ2v) is 6.26. The van der Waals surface area contributed by atoms with Crippen LogP contribution < -0.4 is 5.56 Å². The zero-order valence-electron chi connectivity index (χ0n) is 14.2. The Morgan fingerprint density at radius 2 is 2.12 bits per heavy atom. The average Bonchev–Trinajstić information content (AvgIpc) is 3.10. The van der Waals surface area contributed by atoms with Crippen molar-refractivity contribution in [3.63, 3.8) is 0 Å². The molecule has 1 aromatic carbocycles. The Morgan fingerprint density at radius 3 is 2.79 bits per heavy atom. The summed E-state index contributed by atoms with van der Waals surface area (Å²) in [4.78, 5) is 26.8. The number of fused-ring (bicyclic) bond motifs is 1. The van der Waals surface area contributed by atoms with Crippen LogP contribution in [0, 0.1) is 5.92 Å². The summed E-state index contributed by atoms with van der Waals surface area (Å²) >= 11 is 0. The van der Waals surface area contributed by atoms with E-state index in [2.05, 4.69) is 5.10 Å². The maximum atomic E-state index is 12.7. The van der Waals surface area contributed by atoms with Crippen molar-refractivity contribution in [2.45, 2.75) is 19.8 Å². The van der Waals surface area contributed by atoms with Crippen molar-refractivity contribution >= 4 is 16.7 Å². The first-order chi connectivity index (χ1) is 11.6. The molecule has 0 N–H and O–H groups in total. The minimum absolute atomic E-state index is 0.0423. The van der Waals surface area contributed by atoms with E-state index in [1.54, 1.807) is 13.1 Å². The Morgan fingerprint density at radius 1 is 1.38 bits per heavy atom. The highest BCUT2D eigenvalue weighted by Gasteiger charge is 2.22. The van der Waals surface area contributed by atoms with Crippen molar-refractivity contribution in [2.75, 3.05) is 26.3 Å². The highest BCUT2D eigenvalue weighted by molar-refractivity contribution is 5.88. The molecule has 0 spiro atoms. The van der Waals surface area contributed by atoms with Gasteiger partial charge in [0, 0.05) is 38.0 Å². The highest BCUT2D eigenvalue weighted by atomic mass is 16.5. The van der Waals surface area contributed by atoms with Gasteiger partial charge in [-0.1, -0.05) is 18.2 Å². The number of nitrogens with zero attached hydrogens (tertiary/aromatic N) is 3. The number of hydrogen-bond acceptors (Lipinski definition) is 4. The van der Waals surface area contributed by atoms with Gasteiger partial charge in [-0.2, -0.15) is 5.10 Å². The second-order valence-electron chi connectivity index (χ2n) is 6.26. The lowest BCUT2D eigenvalue weighted by Crippen LogP contribution is -2.37. The molecule has 0 bridgehead atoms. The van der Waals surface area contributed by atoms with Gasteiger partial charge in [-0.15, -0.1) is 0 Å². The molecule has 2 aromatic rings. The molecule has 1 aromatic heterocycles. The van der Waals surface area contributed by atoms with Crippen LogP contribution in [0.2, 0.25) is 0 Å². The lowest BCUT2D eigenvalue weighted by Gasteiger charge is -2.24. The minimum atomic E-state index is -0.141. The second kappa shape index (κ2) is 7.13. The summed E-state index contributed by atoms with van der Waals surface area (Å²) in [6.07, 6.45) is 1.21. The van der Waals surface area contributed by atoms with Crippen molar-refractivity contribution in [1.82, 2.24) is 14.7 Å². The zero-order valence-corrected chi connectivity index (χ0v) is 14.2. The van der Waals surface area contributed by atoms with Gasteiger partial charge in [0.1, 0.15) is 0 Å². The Bertz CT molecular complexity index is 794. The fourth-order valence-electron chi connectivity index (χ4n) is 3.21. The SMILES string of the molecule is CCN(CC1CCOC1)C(=O)Cc1nn(C)c(=O)c2ccccc12. The predicted octanol–water partition coefficient (Wildman–Crippen LogP) is 1.36. The maximum absolute atomic E-state index is 12.7. The molecule has 6 heteroatoms. The van der Waals surface area contributed by atoms with Gasteiger partial charge in [0.15, 0.2) is 0 Å². The van der Waals surface area contributed by atoms with Crippen LogP contribution in [0.4, 0.5) is 0 Å². The molecular weight excluding hydrogens is 306 g/mol. The molecule has 0 radical (unpaired) electrons. The Balaban J connectivity index is 1.84. The van der Waals surface area contributed by atoms with E-state index in [9.17, 15) is 9.59 Å². The number of aromatic nitrogens is 2. The quantitative estimate of drug-likeness (QED) is 0.831. The molecule has 128 valence electrons. The van der Waals surface area contributed by atoms with Crippen molar-refractivity contribution in [3.8, 4) is 0 Å². The number of ether oxygens (including phenoxy) is 1. The van der Waals surface area contributed by atoms with E-state index in [-0.39, 0.29) is 17.9 Å². The average molecular weight is 329 g/mol. The first-order valence-corrected chi connectivity index (χ1v) is 8.40. The van der Waals surface area contributed by atoms with Crippen LogP contribution in [0.1, 0.15) is 19.0 Å². The fraction of sp³-hybridized carbons (Fsp3) is 0.500. The number of hydrogen-bond donors (Lipinski definition) is 0. The molecule has 1 aliphatic heterocycles. The summed E-state index contributed by atoms with van der Waals surface area (Å²) < 4.78 is 6.71. The molecule has 24 heavy (non-hydrogen) atoms. The van der Waals surface area contributed by atoms with Gasteiger partial charge in [-0.3, -0.25) is 9.59 Å². The number of amides is 1. The first kappa shape index (κ1) is 16.6. The van der Waals surface area contributed by atoms with Crippen molar-refractivity contribution in [2.24, 2.45) is 13.0 Å². The van der Waals surface area contributed by atoms with Crippen LogP contribution >= 0.6 is 0 Å². The van der Waals surface area contributed by atoms with Crippen molar-refractivity contribution in [3.05, 3.63) is 40.3 Å². The molecular formula is C18H23N3O3. The van der Waals surface area contributed by atoms with Gasteiger partial charge < -0.3 is 9.64 Å². The molecule has 1 amide bonds. The largest absolute Gasteiger partial charge is 0.381 e. The van der Waals surface area contributed by atoms with Crippen LogP contribution in [-0.4, -0.2) is 46.9 Å². The highest BCUT2D eigenvalue weighted by Crippen LogP contribution is 2.17. The molecule has 0 saturated carbocycles. The topological polar surface area (TPSA) is 64.4 Å². The summed E-state index contributed by atoms with van der Waals surface area (Å²) in [5.41, 5.74) is 0.510. The molecule has 6 nitrogen and oxygen atoms in total. The summed E-state index contributed by atoms with van der Waals surface area (Å²) in [6, 6.07) is 7.33. The summed E-state index contributed by atoms with van der Waals surface area (Å²) in [5, 5.41) is 5.68. The van der Waals surface area contributed by atoms with E-state index in [1.165, 1.54) is 4.68 Å². The standard InChI is InChI=1S/C18H23N3O3/c1-3-21(11-13-8-9-24-12-13)17(22)10-16-14-6-4-5-7-15(14)18(23)20(2)19-16/h4-7,13H,3,8-12H2,1-2H3. The number of rotatable bonds is 5. The van der Waals surface area contributed by atoms with Crippen LogP contribution in [0.25, 0.3) is 10.8 Å². The Hall–Kier alpha value is -2.21. The lowest BCUT2D eigenvalue weighted by atomic mass is 10.1. The van der Waals surface area contributed by atoms with E-state index in [1.807, 2.05) is 30.0 Å². The number of benzene rings is 1. The number of aryl methyl sites for hydroxylation is 1. The van der Waals surface area contributed by atoms with Gasteiger partial charge in [0.2, 0.25) is 5.91 Å². The van der Waals surface area contributed by atoms with Gasteiger partial charge >= 0.3 is 0 Å². The van der Waals surface area contributed by atoms with Crippen LogP contribution in [0.15, 0.2) is 29.1 Å². The molecule has 3 rings (SSSR count). The molecule has 1 fully saturated rings.